The van der Waals surface area contributed by atoms with Gasteiger partial charge in [-0.1, -0.05) is 11.6 Å². The molecule has 1 aromatic carbocycles. The molecule has 7 heteroatoms. The van der Waals surface area contributed by atoms with Crippen LogP contribution in [0.4, 0.5) is 5.69 Å². The van der Waals surface area contributed by atoms with Crippen LogP contribution in [0.1, 0.15) is 36.5 Å². The standard InChI is InChI=1S/C16H21ClN2O4/c1-10(23-9-12-4-2-3-7-22-12)16(21)19-14-8-11(15(18)20)5-6-13(14)17/h5-6,8,10,12H,2-4,7,9H2,1H3,(H2,18,20)(H,19,21). The lowest BCUT2D eigenvalue weighted by molar-refractivity contribution is -0.130. The molecule has 0 radical (unpaired) electrons. The molecule has 0 aliphatic carbocycles. The molecule has 23 heavy (non-hydrogen) atoms. The van der Waals surface area contributed by atoms with Crippen LogP contribution < -0.4 is 11.1 Å². The Morgan fingerprint density at radius 2 is 2.26 bits per heavy atom. The van der Waals surface area contributed by atoms with E-state index in [1.54, 1.807) is 6.92 Å². The summed E-state index contributed by atoms with van der Waals surface area (Å²) in [5, 5.41) is 2.97. The molecular formula is C16H21ClN2O4. The Bertz CT molecular complexity index is 573. The van der Waals surface area contributed by atoms with Crippen molar-refractivity contribution < 1.29 is 19.1 Å². The molecule has 0 aromatic heterocycles. The molecule has 3 N–H and O–H groups in total. The van der Waals surface area contributed by atoms with Gasteiger partial charge in [0.25, 0.3) is 5.91 Å². The van der Waals surface area contributed by atoms with Gasteiger partial charge in [0.2, 0.25) is 5.91 Å². The van der Waals surface area contributed by atoms with E-state index in [2.05, 4.69) is 5.32 Å². The number of anilines is 1. The smallest absolute Gasteiger partial charge is 0.253 e. The van der Waals surface area contributed by atoms with E-state index in [1.165, 1.54) is 18.2 Å². The second kappa shape index (κ2) is 8.29. The Labute approximate surface area is 140 Å². The Balaban J connectivity index is 1.90. The Morgan fingerprint density at radius 3 is 2.91 bits per heavy atom. The molecule has 2 amide bonds. The quantitative estimate of drug-likeness (QED) is 0.831. The second-order valence-corrected chi connectivity index (χ2v) is 5.92. The molecule has 0 saturated carbocycles. The van der Waals surface area contributed by atoms with Crippen molar-refractivity contribution in [1.29, 1.82) is 0 Å². The maximum atomic E-state index is 12.2. The molecule has 126 valence electrons. The fraction of sp³-hybridized carbons (Fsp3) is 0.500. The van der Waals surface area contributed by atoms with Crippen molar-refractivity contribution in [3.05, 3.63) is 28.8 Å². The first-order chi connectivity index (χ1) is 11.0. The fourth-order valence-electron chi connectivity index (χ4n) is 2.27. The van der Waals surface area contributed by atoms with Gasteiger partial charge in [-0.25, -0.2) is 0 Å². The number of nitrogens with one attached hydrogen (secondary N) is 1. The minimum absolute atomic E-state index is 0.0424. The van der Waals surface area contributed by atoms with E-state index < -0.39 is 12.0 Å². The van der Waals surface area contributed by atoms with Gasteiger partial charge in [0, 0.05) is 12.2 Å². The van der Waals surface area contributed by atoms with E-state index >= 15 is 0 Å². The first-order valence-electron chi connectivity index (χ1n) is 7.61. The van der Waals surface area contributed by atoms with Crippen LogP contribution in [-0.4, -0.2) is 37.2 Å². The Morgan fingerprint density at radius 1 is 1.48 bits per heavy atom. The molecule has 2 rings (SSSR count). The predicted octanol–water partition coefficient (Wildman–Crippen LogP) is 2.35. The zero-order valence-electron chi connectivity index (χ0n) is 13.0. The van der Waals surface area contributed by atoms with Crippen molar-refractivity contribution in [3.8, 4) is 0 Å². The summed E-state index contributed by atoms with van der Waals surface area (Å²) in [5.74, 6) is -0.930. The molecule has 1 aliphatic heterocycles. The molecule has 2 unspecified atom stereocenters. The third kappa shape index (κ3) is 5.20. The summed E-state index contributed by atoms with van der Waals surface area (Å²) >= 11 is 6.02. The van der Waals surface area contributed by atoms with Crippen LogP contribution in [0.5, 0.6) is 0 Å². The summed E-state index contributed by atoms with van der Waals surface area (Å²) in [5.41, 5.74) is 5.82. The molecule has 1 heterocycles. The summed E-state index contributed by atoms with van der Waals surface area (Å²) in [4.78, 5) is 23.4. The number of halogens is 1. The first kappa shape index (κ1) is 17.7. The lowest BCUT2D eigenvalue weighted by atomic mass is 10.1. The van der Waals surface area contributed by atoms with Gasteiger partial charge < -0.3 is 20.5 Å². The summed E-state index contributed by atoms with van der Waals surface area (Å²) in [6.45, 7) is 2.78. The van der Waals surface area contributed by atoms with E-state index in [-0.39, 0.29) is 17.6 Å². The largest absolute Gasteiger partial charge is 0.376 e. The average molecular weight is 341 g/mol. The first-order valence-corrected chi connectivity index (χ1v) is 7.98. The molecule has 0 bridgehead atoms. The number of primary amides is 1. The van der Waals surface area contributed by atoms with E-state index in [1.807, 2.05) is 0 Å². The number of carbonyl (C=O) groups is 2. The highest BCUT2D eigenvalue weighted by atomic mass is 35.5. The summed E-state index contributed by atoms with van der Waals surface area (Å²) in [6.07, 6.45) is 2.52. The monoisotopic (exact) mass is 340 g/mol. The number of carbonyl (C=O) groups excluding carboxylic acids is 2. The third-order valence-corrected chi connectivity index (χ3v) is 4.01. The van der Waals surface area contributed by atoms with Crippen LogP contribution in [-0.2, 0) is 14.3 Å². The number of nitrogens with two attached hydrogens (primary N) is 1. The Kier molecular flexibility index (Phi) is 6.38. The molecule has 1 saturated heterocycles. The second-order valence-electron chi connectivity index (χ2n) is 5.51. The van der Waals surface area contributed by atoms with Crippen LogP contribution in [0, 0.1) is 0 Å². The summed E-state index contributed by atoms with van der Waals surface area (Å²) in [6, 6.07) is 4.46. The van der Waals surface area contributed by atoms with Gasteiger partial charge in [-0.05, 0) is 44.4 Å². The van der Waals surface area contributed by atoms with Crippen molar-refractivity contribution in [1.82, 2.24) is 0 Å². The van der Waals surface area contributed by atoms with Crippen molar-refractivity contribution in [2.45, 2.75) is 38.4 Å². The normalized spacial score (nSPS) is 19.1. The van der Waals surface area contributed by atoms with Gasteiger partial charge in [-0.3, -0.25) is 9.59 Å². The number of hydrogen-bond acceptors (Lipinski definition) is 4. The van der Waals surface area contributed by atoms with Crippen molar-refractivity contribution in [3.63, 3.8) is 0 Å². The van der Waals surface area contributed by atoms with Crippen LogP contribution in [0.3, 0.4) is 0 Å². The number of rotatable bonds is 6. The summed E-state index contributed by atoms with van der Waals surface area (Å²) in [7, 11) is 0. The maximum Gasteiger partial charge on any atom is 0.253 e. The zero-order valence-corrected chi connectivity index (χ0v) is 13.8. The minimum atomic E-state index is -0.658. The van der Waals surface area contributed by atoms with E-state index in [0.29, 0.717) is 17.3 Å². The van der Waals surface area contributed by atoms with Crippen molar-refractivity contribution >= 4 is 29.1 Å². The molecule has 1 aliphatic rings. The lowest BCUT2D eigenvalue weighted by Crippen LogP contribution is -2.32. The average Bonchev–Trinajstić information content (AvgIpc) is 2.55. The maximum absolute atomic E-state index is 12.2. The zero-order chi connectivity index (χ0) is 16.8. The topological polar surface area (TPSA) is 90.7 Å². The van der Waals surface area contributed by atoms with Gasteiger partial charge in [0.05, 0.1) is 23.4 Å². The SMILES string of the molecule is CC(OCC1CCCCO1)C(=O)Nc1cc(C(N)=O)ccc1Cl. The number of ether oxygens (including phenoxy) is 2. The fourth-order valence-corrected chi connectivity index (χ4v) is 2.44. The predicted molar refractivity (Wildman–Crippen MR) is 87.6 cm³/mol. The molecule has 6 nitrogen and oxygen atoms in total. The van der Waals surface area contributed by atoms with Crippen LogP contribution >= 0.6 is 11.6 Å². The summed E-state index contributed by atoms with van der Waals surface area (Å²) < 4.78 is 11.1. The van der Waals surface area contributed by atoms with E-state index in [0.717, 1.165) is 25.9 Å². The van der Waals surface area contributed by atoms with Crippen molar-refractivity contribution in [2.75, 3.05) is 18.5 Å². The van der Waals surface area contributed by atoms with Crippen molar-refractivity contribution in [2.24, 2.45) is 5.73 Å². The van der Waals surface area contributed by atoms with E-state index in [4.69, 9.17) is 26.8 Å². The minimum Gasteiger partial charge on any atom is -0.376 e. The van der Waals surface area contributed by atoms with Crippen LogP contribution in [0.25, 0.3) is 0 Å². The highest BCUT2D eigenvalue weighted by molar-refractivity contribution is 6.34. The lowest BCUT2D eigenvalue weighted by Gasteiger charge is -2.24. The molecule has 1 fully saturated rings. The van der Waals surface area contributed by atoms with Gasteiger partial charge in [-0.15, -0.1) is 0 Å². The van der Waals surface area contributed by atoms with Gasteiger partial charge in [-0.2, -0.15) is 0 Å². The number of amides is 2. The highest BCUT2D eigenvalue weighted by Gasteiger charge is 2.19. The molecule has 2 atom stereocenters. The van der Waals surface area contributed by atoms with Gasteiger partial charge >= 0.3 is 0 Å². The molecular weight excluding hydrogens is 320 g/mol. The third-order valence-electron chi connectivity index (χ3n) is 3.68. The molecule has 0 spiro atoms. The van der Waals surface area contributed by atoms with Crippen LogP contribution in [0.15, 0.2) is 18.2 Å². The number of benzene rings is 1. The highest BCUT2D eigenvalue weighted by Crippen LogP contribution is 2.23. The van der Waals surface area contributed by atoms with Gasteiger partial charge in [0.1, 0.15) is 6.10 Å². The molecule has 1 aromatic rings. The Hall–Kier alpha value is -1.63. The van der Waals surface area contributed by atoms with Gasteiger partial charge in [0.15, 0.2) is 0 Å². The number of hydrogen-bond donors (Lipinski definition) is 2. The van der Waals surface area contributed by atoms with Crippen LogP contribution in [0.2, 0.25) is 5.02 Å². The van der Waals surface area contributed by atoms with E-state index in [9.17, 15) is 9.59 Å².